The van der Waals surface area contributed by atoms with Crippen LogP contribution in [0, 0.1) is 5.92 Å². The summed E-state index contributed by atoms with van der Waals surface area (Å²) in [4.78, 5) is 14.3. The van der Waals surface area contributed by atoms with Crippen LogP contribution in [0.25, 0.3) is 0 Å². The van der Waals surface area contributed by atoms with Crippen LogP contribution in [0.3, 0.4) is 0 Å². The number of amides is 1. The molecule has 1 amide bonds. The molecule has 0 fully saturated rings. The smallest absolute Gasteiger partial charge is 0.225 e. The lowest BCUT2D eigenvalue weighted by Gasteiger charge is -2.28. The minimum absolute atomic E-state index is 0.0531. The average molecular weight is 247 g/mol. The second-order valence-corrected chi connectivity index (χ2v) is 4.72. The van der Waals surface area contributed by atoms with Crippen LogP contribution in [0.5, 0.6) is 0 Å². The van der Waals surface area contributed by atoms with E-state index < -0.39 is 0 Å². The van der Waals surface area contributed by atoms with Crippen molar-refractivity contribution in [2.75, 3.05) is 13.1 Å². The second-order valence-electron chi connectivity index (χ2n) is 4.72. The Bertz CT molecular complexity index is 357. The van der Waals surface area contributed by atoms with Crippen molar-refractivity contribution in [1.82, 2.24) is 4.90 Å². The van der Waals surface area contributed by atoms with E-state index in [-0.39, 0.29) is 11.8 Å². The number of nitrogens with zero attached hydrogens (tertiary/aromatic N) is 1. The third-order valence-corrected chi connectivity index (χ3v) is 3.74. The van der Waals surface area contributed by atoms with Crippen molar-refractivity contribution in [3.05, 3.63) is 35.9 Å². The third-order valence-electron chi connectivity index (χ3n) is 3.74. The Balaban J connectivity index is 2.86. The van der Waals surface area contributed by atoms with Gasteiger partial charge in [-0.15, -0.1) is 0 Å². The minimum Gasteiger partial charge on any atom is -0.343 e. The van der Waals surface area contributed by atoms with Crippen LogP contribution in [0.4, 0.5) is 0 Å². The molecule has 0 heterocycles. The van der Waals surface area contributed by atoms with Gasteiger partial charge in [0.05, 0.1) is 0 Å². The first-order valence-electron chi connectivity index (χ1n) is 6.99. The fourth-order valence-corrected chi connectivity index (χ4v) is 2.57. The summed E-state index contributed by atoms with van der Waals surface area (Å²) < 4.78 is 0. The summed E-state index contributed by atoms with van der Waals surface area (Å²) in [7, 11) is 0. The summed E-state index contributed by atoms with van der Waals surface area (Å²) >= 11 is 0. The summed E-state index contributed by atoms with van der Waals surface area (Å²) in [6.07, 6.45) is 0.998. The molecule has 18 heavy (non-hydrogen) atoms. The van der Waals surface area contributed by atoms with Crippen molar-refractivity contribution in [1.29, 1.82) is 0 Å². The summed E-state index contributed by atoms with van der Waals surface area (Å²) in [6.45, 7) is 9.89. The molecule has 0 aliphatic heterocycles. The van der Waals surface area contributed by atoms with Crippen molar-refractivity contribution in [3.63, 3.8) is 0 Å². The molecule has 100 valence electrons. The number of carbonyl (C=O) groups is 1. The van der Waals surface area contributed by atoms with E-state index in [1.807, 2.05) is 36.9 Å². The molecule has 0 saturated carbocycles. The predicted octanol–water partition coefficient (Wildman–Crippen LogP) is 3.68. The molecule has 0 radical (unpaired) electrons. The number of benzene rings is 1. The van der Waals surface area contributed by atoms with Gasteiger partial charge in [0.25, 0.3) is 0 Å². The Morgan fingerprint density at radius 1 is 1.11 bits per heavy atom. The Hall–Kier alpha value is -1.31. The maximum atomic E-state index is 12.4. The molecule has 0 aromatic heterocycles. The summed E-state index contributed by atoms with van der Waals surface area (Å²) in [5.74, 6) is 0.646. The van der Waals surface area contributed by atoms with Crippen LogP contribution in [0.1, 0.15) is 45.6 Å². The summed E-state index contributed by atoms with van der Waals surface area (Å²) in [6, 6.07) is 10.4. The van der Waals surface area contributed by atoms with E-state index >= 15 is 0 Å². The second kappa shape index (κ2) is 7.20. The molecule has 0 N–H and O–H groups in total. The number of rotatable bonds is 6. The lowest BCUT2D eigenvalue weighted by Crippen LogP contribution is -2.37. The molecule has 2 unspecified atom stereocenters. The predicted molar refractivity (Wildman–Crippen MR) is 76.6 cm³/mol. The zero-order valence-corrected chi connectivity index (χ0v) is 12.0. The molecule has 1 rings (SSSR count). The maximum absolute atomic E-state index is 12.4. The van der Waals surface area contributed by atoms with E-state index in [1.54, 1.807) is 0 Å². The standard InChI is InChI=1S/C16H25NO/c1-5-15(14-11-9-8-10-12-14)13(4)16(18)17(6-2)7-3/h8-13,15H,5-7H2,1-4H3. The van der Waals surface area contributed by atoms with Gasteiger partial charge >= 0.3 is 0 Å². The highest BCUT2D eigenvalue weighted by Gasteiger charge is 2.26. The van der Waals surface area contributed by atoms with Gasteiger partial charge in [0, 0.05) is 19.0 Å². The molecule has 2 atom stereocenters. The molecule has 0 spiro atoms. The Kier molecular flexibility index (Phi) is 5.90. The van der Waals surface area contributed by atoms with Gasteiger partial charge < -0.3 is 4.90 Å². The monoisotopic (exact) mass is 247 g/mol. The topological polar surface area (TPSA) is 20.3 Å². The van der Waals surface area contributed by atoms with Gasteiger partial charge in [0.1, 0.15) is 0 Å². The first kappa shape index (κ1) is 14.7. The van der Waals surface area contributed by atoms with Crippen LogP contribution in [-0.2, 0) is 4.79 Å². The van der Waals surface area contributed by atoms with Crippen LogP contribution >= 0.6 is 0 Å². The molecule has 0 aliphatic carbocycles. The molecular formula is C16H25NO. The van der Waals surface area contributed by atoms with Crippen LogP contribution in [-0.4, -0.2) is 23.9 Å². The van der Waals surface area contributed by atoms with Crippen molar-refractivity contribution < 1.29 is 4.79 Å². The third kappa shape index (κ3) is 3.34. The van der Waals surface area contributed by atoms with Crippen LogP contribution < -0.4 is 0 Å². The van der Waals surface area contributed by atoms with Gasteiger partial charge in [-0.25, -0.2) is 0 Å². The molecule has 1 aromatic carbocycles. The number of hydrogen-bond acceptors (Lipinski definition) is 1. The van der Waals surface area contributed by atoms with E-state index in [1.165, 1.54) is 5.56 Å². The van der Waals surface area contributed by atoms with Gasteiger partial charge in [0.15, 0.2) is 0 Å². The van der Waals surface area contributed by atoms with Crippen molar-refractivity contribution in [3.8, 4) is 0 Å². The molecule has 1 aromatic rings. The van der Waals surface area contributed by atoms with Crippen molar-refractivity contribution in [2.45, 2.75) is 40.0 Å². The van der Waals surface area contributed by atoms with Crippen molar-refractivity contribution >= 4 is 5.91 Å². The average Bonchev–Trinajstić information content (AvgIpc) is 2.42. The first-order valence-corrected chi connectivity index (χ1v) is 6.99. The van der Waals surface area contributed by atoms with E-state index in [2.05, 4.69) is 26.0 Å². The Morgan fingerprint density at radius 3 is 2.11 bits per heavy atom. The zero-order valence-electron chi connectivity index (χ0n) is 12.0. The Labute approximate surface area is 111 Å². The van der Waals surface area contributed by atoms with Gasteiger partial charge in [-0.1, -0.05) is 44.2 Å². The van der Waals surface area contributed by atoms with E-state index in [0.717, 1.165) is 19.5 Å². The molecule has 2 heteroatoms. The SMILES string of the molecule is CCC(c1ccccc1)C(C)C(=O)N(CC)CC. The van der Waals surface area contributed by atoms with E-state index in [4.69, 9.17) is 0 Å². The quantitative estimate of drug-likeness (QED) is 0.751. The lowest BCUT2D eigenvalue weighted by atomic mass is 9.84. The van der Waals surface area contributed by atoms with Gasteiger partial charge in [-0.2, -0.15) is 0 Å². The molecule has 0 bridgehead atoms. The Morgan fingerprint density at radius 2 is 1.67 bits per heavy atom. The van der Waals surface area contributed by atoms with E-state index in [9.17, 15) is 4.79 Å². The maximum Gasteiger partial charge on any atom is 0.225 e. The fourth-order valence-electron chi connectivity index (χ4n) is 2.57. The van der Waals surface area contributed by atoms with Crippen molar-refractivity contribution in [2.24, 2.45) is 5.92 Å². The molecule has 0 aliphatic rings. The lowest BCUT2D eigenvalue weighted by molar-refractivity contribution is -0.135. The highest BCUT2D eigenvalue weighted by atomic mass is 16.2. The van der Waals surface area contributed by atoms with E-state index in [0.29, 0.717) is 5.92 Å². The first-order chi connectivity index (χ1) is 8.65. The van der Waals surface area contributed by atoms with Gasteiger partial charge in [-0.05, 0) is 31.7 Å². The highest BCUT2D eigenvalue weighted by Crippen LogP contribution is 2.29. The van der Waals surface area contributed by atoms with Gasteiger partial charge in [-0.3, -0.25) is 4.79 Å². The molecule has 0 saturated heterocycles. The van der Waals surface area contributed by atoms with Crippen LogP contribution in [0.15, 0.2) is 30.3 Å². The molecular weight excluding hydrogens is 222 g/mol. The highest BCUT2D eigenvalue weighted by molar-refractivity contribution is 5.79. The fraction of sp³-hybridized carbons (Fsp3) is 0.562. The number of hydrogen-bond donors (Lipinski definition) is 0. The number of carbonyl (C=O) groups excluding carboxylic acids is 1. The summed E-state index contributed by atoms with van der Waals surface area (Å²) in [5, 5.41) is 0. The van der Waals surface area contributed by atoms with Crippen LogP contribution in [0.2, 0.25) is 0 Å². The summed E-state index contributed by atoms with van der Waals surface area (Å²) in [5.41, 5.74) is 1.27. The molecule has 2 nitrogen and oxygen atoms in total. The normalized spacial score (nSPS) is 14.0. The minimum atomic E-state index is 0.0531. The largest absolute Gasteiger partial charge is 0.343 e. The van der Waals surface area contributed by atoms with Gasteiger partial charge in [0.2, 0.25) is 5.91 Å². The zero-order chi connectivity index (χ0) is 13.5.